The quantitative estimate of drug-likeness (QED) is 0.495. The molecule has 0 radical (unpaired) electrons. The Morgan fingerprint density at radius 3 is 2.45 bits per heavy atom. The zero-order valence-electron chi connectivity index (χ0n) is 13.2. The van der Waals surface area contributed by atoms with Crippen LogP contribution in [0.15, 0.2) is 40.2 Å². The minimum absolute atomic E-state index is 0.0246. The summed E-state index contributed by atoms with van der Waals surface area (Å²) in [4.78, 5) is 5.96. The van der Waals surface area contributed by atoms with Gasteiger partial charge in [-0.2, -0.15) is 0 Å². The van der Waals surface area contributed by atoms with Crippen LogP contribution in [0.2, 0.25) is 0 Å². The number of nitrogens with zero attached hydrogens (tertiary/aromatic N) is 1. The van der Waals surface area contributed by atoms with Crippen molar-refractivity contribution >= 4 is 17.7 Å². The Kier molecular flexibility index (Phi) is 6.93. The third-order valence-electron chi connectivity index (χ3n) is 2.42. The van der Waals surface area contributed by atoms with Crippen LogP contribution in [0, 0.1) is 0 Å². The zero-order chi connectivity index (χ0) is 15.0. The van der Waals surface area contributed by atoms with Crippen LogP contribution < -0.4 is 10.6 Å². The van der Waals surface area contributed by atoms with Gasteiger partial charge in [-0.15, -0.1) is 11.8 Å². The fourth-order valence-corrected chi connectivity index (χ4v) is 2.58. The van der Waals surface area contributed by atoms with Gasteiger partial charge in [0, 0.05) is 22.2 Å². The van der Waals surface area contributed by atoms with E-state index >= 15 is 0 Å². The number of thioether (sulfide) groups is 1. The number of guanidine groups is 1. The van der Waals surface area contributed by atoms with E-state index in [9.17, 15) is 0 Å². The zero-order valence-corrected chi connectivity index (χ0v) is 14.1. The smallest absolute Gasteiger partial charge is 0.191 e. The van der Waals surface area contributed by atoms with Crippen molar-refractivity contribution in [3.8, 4) is 0 Å². The molecular formula is C16H27N3S. The fourth-order valence-electron chi connectivity index (χ4n) is 1.65. The van der Waals surface area contributed by atoms with Gasteiger partial charge in [0.1, 0.15) is 0 Å². The molecule has 20 heavy (non-hydrogen) atoms. The molecule has 1 unspecified atom stereocenters. The second kappa shape index (κ2) is 8.20. The normalized spacial score (nSPS) is 13.9. The van der Waals surface area contributed by atoms with E-state index in [1.165, 1.54) is 4.90 Å². The molecule has 0 spiro atoms. The van der Waals surface area contributed by atoms with Crippen LogP contribution >= 0.6 is 11.8 Å². The van der Waals surface area contributed by atoms with Gasteiger partial charge in [-0.05, 0) is 39.8 Å². The van der Waals surface area contributed by atoms with Crippen molar-refractivity contribution in [1.82, 2.24) is 10.6 Å². The standard InChI is InChI=1S/C16H27N3S/c1-6-17-15(19-16(3,4)5)18-12-13(2)20-14-10-8-7-9-11-14/h7-11,13H,6,12H2,1-5H3,(H2,17,18,19). The first-order chi connectivity index (χ1) is 9.40. The molecule has 0 aliphatic carbocycles. The average Bonchev–Trinajstić information content (AvgIpc) is 2.36. The third kappa shape index (κ3) is 7.43. The van der Waals surface area contributed by atoms with E-state index in [-0.39, 0.29) is 5.54 Å². The van der Waals surface area contributed by atoms with E-state index in [1.807, 2.05) is 17.8 Å². The van der Waals surface area contributed by atoms with Gasteiger partial charge in [0.25, 0.3) is 0 Å². The summed E-state index contributed by atoms with van der Waals surface area (Å²) in [6, 6.07) is 10.5. The van der Waals surface area contributed by atoms with E-state index in [0.717, 1.165) is 19.0 Å². The van der Waals surface area contributed by atoms with E-state index in [1.54, 1.807) is 0 Å². The molecule has 1 rings (SSSR count). The van der Waals surface area contributed by atoms with Crippen molar-refractivity contribution < 1.29 is 0 Å². The Balaban J connectivity index is 2.53. The minimum atomic E-state index is 0.0246. The van der Waals surface area contributed by atoms with Gasteiger partial charge in [0.2, 0.25) is 0 Å². The summed E-state index contributed by atoms with van der Waals surface area (Å²) >= 11 is 1.86. The number of aliphatic imine (C=N–C) groups is 1. The number of hydrogen-bond donors (Lipinski definition) is 2. The molecule has 112 valence electrons. The minimum Gasteiger partial charge on any atom is -0.357 e. The highest BCUT2D eigenvalue weighted by Gasteiger charge is 2.12. The first kappa shape index (κ1) is 16.9. The van der Waals surface area contributed by atoms with Crippen molar-refractivity contribution in [3.63, 3.8) is 0 Å². The summed E-state index contributed by atoms with van der Waals surface area (Å²) in [6.45, 7) is 12.4. The van der Waals surface area contributed by atoms with E-state index in [2.05, 4.69) is 74.5 Å². The van der Waals surface area contributed by atoms with Gasteiger partial charge >= 0.3 is 0 Å². The summed E-state index contributed by atoms with van der Waals surface area (Å²) in [6.07, 6.45) is 0. The SMILES string of the molecule is CCNC(=NCC(C)Sc1ccccc1)NC(C)(C)C. The molecule has 0 aliphatic heterocycles. The van der Waals surface area contributed by atoms with Crippen molar-refractivity contribution in [2.45, 2.75) is 50.3 Å². The maximum absolute atomic E-state index is 4.67. The molecule has 0 fully saturated rings. The highest BCUT2D eigenvalue weighted by atomic mass is 32.2. The lowest BCUT2D eigenvalue weighted by atomic mass is 10.1. The van der Waals surface area contributed by atoms with Crippen LogP contribution in [-0.2, 0) is 0 Å². The second-order valence-electron chi connectivity index (χ2n) is 5.84. The second-order valence-corrected chi connectivity index (χ2v) is 7.35. The van der Waals surface area contributed by atoms with Crippen LogP contribution in [0.25, 0.3) is 0 Å². The van der Waals surface area contributed by atoms with Crippen LogP contribution in [-0.4, -0.2) is 29.8 Å². The molecule has 0 saturated carbocycles. The monoisotopic (exact) mass is 293 g/mol. The van der Waals surface area contributed by atoms with E-state index in [4.69, 9.17) is 0 Å². The molecule has 1 atom stereocenters. The first-order valence-electron chi connectivity index (χ1n) is 7.19. The fraction of sp³-hybridized carbons (Fsp3) is 0.562. The Labute approximate surface area is 127 Å². The van der Waals surface area contributed by atoms with E-state index in [0.29, 0.717) is 5.25 Å². The predicted molar refractivity (Wildman–Crippen MR) is 90.6 cm³/mol. The third-order valence-corrected chi connectivity index (χ3v) is 3.52. The molecule has 0 aliphatic rings. The number of nitrogens with one attached hydrogen (secondary N) is 2. The maximum Gasteiger partial charge on any atom is 0.191 e. The highest BCUT2D eigenvalue weighted by molar-refractivity contribution is 8.00. The van der Waals surface area contributed by atoms with Crippen LogP contribution in [0.4, 0.5) is 0 Å². The summed E-state index contributed by atoms with van der Waals surface area (Å²) < 4.78 is 0. The van der Waals surface area contributed by atoms with Gasteiger partial charge in [0.05, 0.1) is 6.54 Å². The molecule has 0 bridgehead atoms. The predicted octanol–water partition coefficient (Wildman–Crippen LogP) is 3.52. The van der Waals surface area contributed by atoms with Gasteiger partial charge in [-0.3, -0.25) is 4.99 Å². The molecule has 1 aromatic rings. The number of rotatable bonds is 5. The lowest BCUT2D eigenvalue weighted by Crippen LogP contribution is -2.47. The van der Waals surface area contributed by atoms with Crippen molar-refractivity contribution in [2.24, 2.45) is 4.99 Å². The van der Waals surface area contributed by atoms with Gasteiger partial charge < -0.3 is 10.6 Å². The average molecular weight is 293 g/mol. The Morgan fingerprint density at radius 2 is 1.90 bits per heavy atom. The van der Waals surface area contributed by atoms with Crippen LogP contribution in [0.5, 0.6) is 0 Å². The molecule has 1 aromatic carbocycles. The summed E-state index contributed by atoms with van der Waals surface area (Å²) in [5.41, 5.74) is 0.0246. The Morgan fingerprint density at radius 1 is 1.25 bits per heavy atom. The van der Waals surface area contributed by atoms with Crippen LogP contribution in [0.3, 0.4) is 0 Å². The molecule has 0 heterocycles. The maximum atomic E-state index is 4.67. The molecule has 0 aromatic heterocycles. The van der Waals surface area contributed by atoms with Crippen molar-refractivity contribution in [3.05, 3.63) is 30.3 Å². The number of hydrogen-bond acceptors (Lipinski definition) is 2. The first-order valence-corrected chi connectivity index (χ1v) is 8.07. The molecule has 4 heteroatoms. The topological polar surface area (TPSA) is 36.4 Å². The Hall–Kier alpha value is -1.16. The summed E-state index contributed by atoms with van der Waals surface area (Å²) in [5, 5.41) is 7.15. The summed E-state index contributed by atoms with van der Waals surface area (Å²) in [5.74, 6) is 0.889. The Bertz CT molecular complexity index is 409. The largest absolute Gasteiger partial charge is 0.357 e. The lowest BCUT2D eigenvalue weighted by molar-refractivity contribution is 0.501. The highest BCUT2D eigenvalue weighted by Crippen LogP contribution is 2.22. The van der Waals surface area contributed by atoms with Gasteiger partial charge in [-0.1, -0.05) is 25.1 Å². The van der Waals surface area contributed by atoms with Crippen molar-refractivity contribution in [2.75, 3.05) is 13.1 Å². The molecular weight excluding hydrogens is 266 g/mol. The lowest BCUT2D eigenvalue weighted by Gasteiger charge is -2.24. The molecule has 0 saturated heterocycles. The van der Waals surface area contributed by atoms with Crippen molar-refractivity contribution in [1.29, 1.82) is 0 Å². The van der Waals surface area contributed by atoms with E-state index < -0.39 is 0 Å². The van der Waals surface area contributed by atoms with Crippen LogP contribution in [0.1, 0.15) is 34.6 Å². The molecule has 2 N–H and O–H groups in total. The molecule has 0 amide bonds. The van der Waals surface area contributed by atoms with Gasteiger partial charge in [-0.25, -0.2) is 0 Å². The summed E-state index contributed by atoms with van der Waals surface area (Å²) in [7, 11) is 0. The number of benzene rings is 1. The molecule has 3 nitrogen and oxygen atoms in total. The van der Waals surface area contributed by atoms with Gasteiger partial charge in [0.15, 0.2) is 5.96 Å².